The van der Waals surface area contributed by atoms with Crippen LogP contribution in [0.1, 0.15) is 70.7 Å². The highest BCUT2D eigenvalue weighted by Gasteiger charge is 2.69. The van der Waals surface area contributed by atoms with Crippen LogP contribution in [-0.4, -0.2) is 149 Å². The fourth-order valence-electron chi connectivity index (χ4n) is 10.4. The zero-order chi connectivity index (χ0) is 48.5. The Balaban J connectivity index is 1.13. The maximum atomic E-state index is 14.9. The zero-order valence-corrected chi connectivity index (χ0v) is 41.1. The van der Waals surface area contributed by atoms with Crippen molar-refractivity contribution in [1.82, 2.24) is 45.0 Å². The summed E-state index contributed by atoms with van der Waals surface area (Å²) in [7, 11) is 7.34. The number of methoxy groups -OCH3 is 1. The molecule has 16 heteroatoms. The number of benzene rings is 1. The molecule has 6 atom stereocenters. The molecule has 4 aliphatic rings. The summed E-state index contributed by atoms with van der Waals surface area (Å²) in [5.41, 5.74) is 9.36. The molecule has 3 amide bonds. The van der Waals surface area contributed by atoms with Gasteiger partial charge in [0.2, 0.25) is 5.91 Å². The minimum Gasteiger partial charge on any atom is -0.464 e. The molecule has 4 aliphatic heterocycles. The predicted octanol–water partition coefficient (Wildman–Crippen LogP) is 4.43. The van der Waals surface area contributed by atoms with Crippen LogP contribution in [0.5, 0.6) is 0 Å². The molecule has 2 unspecified atom stereocenters. The highest BCUT2D eigenvalue weighted by molar-refractivity contribution is 5.97. The number of nitrogens with one attached hydrogen (secondary N) is 2. The number of aromatic nitrogens is 3. The van der Waals surface area contributed by atoms with Crippen molar-refractivity contribution < 1.29 is 33.4 Å². The molecule has 3 saturated heterocycles. The second kappa shape index (κ2) is 20.1. The molecule has 3 fully saturated rings. The number of amides is 3. The fourth-order valence-corrected chi connectivity index (χ4v) is 10.4. The first-order chi connectivity index (χ1) is 32.6. The summed E-state index contributed by atoms with van der Waals surface area (Å²) in [4.78, 5) is 71.3. The van der Waals surface area contributed by atoms with E-state index in [4.69, 9.17) is 19.2 Å². The summed E-state index contributed by atoms with van der Waals surface area (Å²) in [5.74, 6) is 4.04. The van der Waals surface area contributed by atoms with Gasteiger partial charge in [0.25, 0.3) is 11.8 Å². The van der Waals surface area contributed by atoms with Crippen molar-refractivity contribution in [1.29, 1.82) is 0 Å². The Kier molecular flexibility index (Phi) is 14.4. The second-order valence-electron chi connectivity index (χ2n) is 20.1. The summed E-state index contributed by atoms with van der Waals surface area (Å²) in [6.45, 7) is 13.3. The van der Waals surface area contributed by atoms with Gasteiger partial charge < -0.3 is 29.0 Å². The van der Waals surface area contributed by atoms with Crippen molar-refractivity contribution in [3.05, 3.63) is 71.8 Å². The number of fused-ring (bicyclic) bond motifs is 6. The number of likely N-dealkylation sites (tertiary alicyclic amines) is 1. The van der Waals surface area contributed by atoms with Crippen molar-refractivity contribution >= 4 is 34.6 Å². The predicted molar refractivity (Wildman–Crippen MR) is 258 cm³/mol. The molecule has 8 rings (SSSR count). The highest BCUT2D eigenvalue weighted by Crippen LogP contribution is 2.48. The molecule has 362 valence electrons. The van der Waals surface area contributed by atoms with E-state index >= 15 is 0 Å². The number of carbonyl (C=O) groups is 4. The average Bonchev–Trinajstić information content (AvgIpc) is 3.55. The summed E-state index contributed by atoms with van der Waals surface area (Å²) in [6.07, 6.45) is 6.92. The Morgan fingerprint density at radius 1 is 1.07 bits per heavy atom. The number of hydrazine groups is 1. The van der Waals surface area contributed by atoms with Crippen LogP contribution in [0.15, 0.2) is 55.0 Å². The standard InChI is InChI=1S/C52H67N9O7/c1-10-60-44-16-15-34-26-39(44)40(46(60)41-29-53-20-17-36(41)31-66-9)28-51(4,5)32-67-48(64)42-13-11-23-61(56-42)47(63)43(27-37-25-35(34)18-21-54-37)55-49(65)52(33(2)3)50(58(52)8)68-38-19-24-59(30-38)45(62)14-12-22-57(6)7/h15-18,20-21,25-26,29,33,38,42-43,50,56H,10-11,13,19,22-24,27-28,30-32H2,1-9H3,(H,55,65)/t38-,42-,43-,50?,52-,58?/m0/s1. The van der Waals surface area contributed by atoms with Gasteiger partial charge in [0, 0.05) is 85.9 Å². The van der Waals surface area contributed by atoms with Crippen molar-refractivity contribution in [2.45, 2.75) is 110 Å². The zero-order valence-electron chi connectivity index (χ0n) is 41.1. The highest BCUT2D eigenvalue weighted by atomic mass is 16.5. The average molecular weight is 930 g/mol. The number of carbonyl (C=O) groups excluding carboxylic acids is 4. The van der Waals surface area contributed by atoms with Gasteiger partial charge in [-0.25, -0.2) is 5.43 Å². The number of aryl methyl sites for hydroxylation is 1. The Bertz CT molecular complexity index is 2620. The largest absolute Gasteiger partial charge is 0.464 e. The topological polar surface area (TPSA) is 163 Å². The maximum Gasteiger partial charge on any atom is 0.324 e. The number of pyridine rings is 2. The third kappa shape index (κ3) is 9.77. The molecule has 16 nitrogen and oxygen atoms in total. The number of ether oxygens (including phenoxy) is 3. The number of cyclic esters (lactones) is 1. The Labute approximate surface area is 400 Å². The van der Waals surface area contributed by atoms with E-state index in [1.54, 1.807) is 24.4 Å². The van der Waals surface area contributed by atoms with Crippen LogP contribution >= 0.6 is 0 Å². The lowest BCUT2D eigenvalue weighted by Crippen LogP contribution is -2.61. The smallest absolute Gasteiger partial charge is 0.324 e. The summed E-state index contributed by atoms with van der Waals surface area (Å²) in [5, 5.41) is 5.70. The number of hydrogen-bond acceptors (Lipinski definition) is 12. The van der Waals surface area contributed by atoms with Gasteiger partial charge >= 0.3 is 5.97 Å². The first kappa shape index (κ1) is 48.7. The lowest BCUT2D eigenvalue weighted by atomic mass is 9.84. The van der Waals surface area contributed by atoms with E-state index in [9.17, 15) is 19.2 Å². The lowest BCUT2D eigenvalue weighted by Gasteiger charge is -2.36. The van der Waals surface area contributed by atoms with E-state index < -0.39 is 35.2 Å². The van der Waals surface area contributed by atoms with Gasteiger partial charge in [-0.15, -0.1) is 0 Å². The molecule has 0 aliphatic carbocycles. The number of esters is 1. The molecule has 0 spiro atoms. The van der Waals surface area contributed by atoms with Crippen LogP contribution in [0, 0.1) is 23.2 Å². The molecule has 7 heterocycles. The van der Waals surface area contributed by atoms with E-state index in [2.05, 4.69) is 71.1 Å². The molecule has 3 aromatic heterocycles. The second-order valence-corrected chi connectivity index (χ2v) is 20.1. The molecule has 0 saturated carbocycles. The number of rotatable bonds is 10. The normalized spacial score (nSPS) is 25.0. The van der Waals surface area contributed by atoms with Crippen molar-refractivity contribution in [2.24, 2.45) is 11.3 Å². The minimum atomic E-state index is -1.08. The van der Waals surface area contributed by atoms with Gasteiger partial charge in [0.15, 0.2) is 0 Å². The van der Waals surface area contributed by atoms with Gasteiger partial charge in [-0.05, 0) is 118 Å². The van der Waals surface area contributed by atoms with Crippen molar-refractivity contribution in [3.63, 3.8) is 0 Å². The molecule has 2 N–H and O–H groups in total. The van der Waals surface area contributed by atoms with E-state index in [1.165, 1.54) is 5.01 Å². The lowest BCUT2D eigenvalue weighted by molar-refractivity contribution is -0.155. The molecule has 1 aromatic carbocycles. The van der Waals surface area contributed by atoms with Crippen LogP contribution in [0.25, 0.3) is 33.3 Å². The Morgan fingerprint density at radius 3 is 2.62 bits per heavy atom. The number of nitrogens with zero attached hydrogens (tertiary/aromatic N) is 7. The fraction of sp³-hybridized carbons (Fsp3) is 0.538. The van der Waals surface area contributed by atoms with E-state index in [-0.39, 0.29) is 42.8 Å². The van der Waals surface area contributed by atoms with Crippen molar-refractivity contribution in [2.75, 3.05) is 61.0 Å². The van der Waals surface area contributed by atoms with Crippen LogP contribution in [0.4, 0.5) is 0 Å². The van der Waals surface area contributed by atoms with Gasteiger partial charge in [0.1, 0.15) is 23.9 Å². The minimum absolute atomic E-state index is 0.0883. The molecule has 4 aromatic rings. The Morgan fingerprint density at radius 2 is 1.87 bits per heavy atom. The molecular formula is C52H67N9O7. The van der Waals surface area contributed by atoms with E-state index in [0.717, 1.165) is 44.4 Å². The van der Waals surface area contributed by atoms with Crippen LogP contribution in [0.3, 0.4) is 0 Å². The molecular weight excluding hydrogens is 863 g/mol. The quantitative estimate of drug-likeness (QED) is 0.131. The maximum absolute atomic E-state index is 14.9. The summed E-state index contributed by atoms with van der Waals surface area (Å²) >= 11 is 0. The monoisotopic (exact) mass is 930 g/mol. The number of hydrogen-bond donors (Lipinski definition) is 2. The number of likely N-dealkylation sites (N-methyl/N-ethyl adjacent to an activating group) is 1. The van der Waals surface area contributed by atoms with E-state index in [0.29, 0.717) is 70.7 Å². The first-order valence-electron chi connectivity index (χ1n) is 23.9. The third-order valence-electron chi connectivity index (χ3n) is 13.9. The van der Waals surface area contributed by atoms with Gasteiger partial charge in [-0.2, -0.15) is 0 Å². The third-order valence-corrected chi connectivity index (χ3v) is 13.9. The van der Waals surface area contributed by atoms with Gasteiger partial charge in [0.05, 0.1) is 31.6 Å². The molecule has 6 bridgehead atoms. The first-order valence-corrected chi connectivity index (χ1v) is 23.9. The van der Waals surface area contributed by atoms with Gasteiger partial charge in [-0.1, -0.05) is 39.7 Å². The summed E-state index contributed by atoms with van der Waals surface area (Å²) < 4.78 is 20.7. The molecule has 0 radical (unpaired) electrons. The van der Waals surface area contributed by atoms with Crippen molar-refractivity contribution in [3.8, 4) is 34.2 Å². The van der Waals surface area contributed by atoms with Crippen LogP contribution in [0.2, 0.25) is 0 Å². The Hall–Kier alpha value is -5.70. The van der Waals surface area contributed by atoms with E-state index in [1.807, 2.05) is 69.2 Å². The SMILES string of the molecule is CCn1c(-c2cnccc2COC)c2c3cc(ccc31)-c1ccnc(c1)C[C@H](NC(=O)[C@@]1(C(C)C)C(O[C@H]3CCN(C(=O)C#CCN(C)C)C3)N1C)C(=O)N1CCC[C@H](N1)C(=O)OCC(C)(C)C2. The van der Waals surface area contributed by atoms with Gasteiger partial charge in [-0.3, -0.25) is 44.0 Å². The van der Waals surface area contributed by atoms with Crippen LogP contribution < -0.4 is 10.7 Å². The van der Waals surface area contributed by atoms with Crippen LogP contribution in [-0.2, 0) is 59.4 Å². The summed E-state index contributed by atoms with van der Waals surface area (Å²) in [6, 6.07) is 10.6. The molecule has 68 heavy (non-hydrogen) atoms.